The smallest absolute Gasteiger partial charge is 0.234 e. The lowest BCUT2D eigenvalue weighted by Crippen LogP contribution is -2.44. The molecule has 7 nitrogen and oxygen atoms in total. The molecule has 0 atom stereocenters. The van der Waals surface area contributed by atoms with Crippen LogP contribution < -0.4 is 15.5 Å². The fourth-order valence-corrected chi connectivity index (χ4v) is 3.51. The molecule has 138 valence electrons. The summed E-state index contributed by atoms with van der Waals surface area (Å²) in [6.07, 6.45) is 7.20. The second-order valence-electron chi connectivity index (χ2n) is 7.00. The summed E-state index contributed by atoms with van der Waals surface area (Å²) in [6, 6.07) is 2.48. The molecule has 7 heteroatoms. The topological polar surface area (TPSA) is 73.4 Å². The molecular weight excluding hydrogens is 316 g/mol. The Morgan fingerprint density at radius 1 is 1.20 bits per heavy atom. The predicted molar refractivity (Wildman–Crippen MR) is 99.9 cm³/mol. The number of piperidine rings is 1. The van der Waals surface area contributed by atoms with Gasteiger partial charge in [0.15, 0.2) is 0 Å². The first-order chi connectivity index (χ1) is 12.2. The number of anilines is 2. The normalized spacial score (nSPS) is 19.2. The minimum Gasteiger partial charge on any atom is -0.367 e. The summed E-state index contributed by atoms with van der Waals surface area (Å²) in [6.45, 7) is 7.43. The number of nitrogens with one attached hydrogen (secondary N) is 2. The van der Waals surface area contributed by atoms with Crippen molar-refractivity contribution in [2.45, 2.75) is 45.1 Å². The van der Waals surface area contributed by atoms with Crippen molar-refractivity contribution in [3.05, 3.63) is 12.4 Å². The van der Waals surface area contributed by atoms with Crippen molar-refractivity contribution in [3.8, 4) is 0 Å². The van der Waals surface area contributed by atoms with Crippen molar-refractivity contribution in [3.63, 3.8) is 0 Å². The Labute approximate surface area is 150 Å². The largest absolute Gasteiger partial charge is 0.367 e. The molecule has 2 saturated heterocycles. The molecule has 2 fully saturated rings. The van der Waals surface area contributed by atoms with Crippen molar-refractivity contribution in [1.82, 2.24) is 20.2 Å². The molecule has 3 rings (SSSR count). The van der Waals surface area contributed by atoms with Crippen LogP contribution in [0.3, 0.4) is 0 Å². The third-order valence-corrected chi connectivity index (χ3v) is 4.96. The van der Waals surface area contributed by atoms with Gasteiger partial charge in [-0.25, -0.2) is 9.97 Å². The molecule has 0 spiro atoms. The maximum absolute atomic E-state index is 11.8. The van der Waals surface area contributed by atoms with E-state index < -0.39 is 0 Å². The quantitative estimate of drug-likeness (QED) is 0.779. The minimum absolute atomic E-state index is 0.138. The second-order valence-corrected chi connectivity index (χ2v) is 7.00. The lowest BCUT2D eigenvalue weighted by molar-refractivity contribution is -0.122. The molecule has 25 heavy (non-hydrogen) atoms. The van der Waals surface area contributed by atoms with Gasteiger partial charge in [0.05, 0.1) is 6.54 Å². The zero-order valence-electron chi connectivity index (χ0n) is 15.2. The van der Waals surface area contributed by atoms with Crippen molar-refractivity contribution in [2.75, 3.05) is 49.5 Å². The van der Waals surface area contributed by atoms with E-state index in [1.54, 1.807) is 6.33 Å². The van der Waals surface area contributed by atoms with Gasteiger partial charge in [-0.1, -0.05) is 6.92 Å². The summed E-state index contributed by atoms with van der Waals surface area (Å²) in [7, 11) is 0. The van der Waals surface area contributed by atoms with Gasteiger partial charge in [0.1, 0.15) is 18.0 Å². The van der Waals surface area contributed by atoms with E-state index in [9.17, 15) is 4.79 Å². The number of rotatable bonds is 7. The van der Waals surface area contributed by atoms with E-state index in [2.05, 4.69) is 43.4 Å². The number of hydrogen-bond donors (Lipinski definition) is 2. The number of likely N-dealkylation sites (tertiary alicyclic amines) is 1. The van der Waals surface area contributed by atoms with E-state index in [0.717, 1.165) is 63.6 Å². The Morgan fingerprint density at radius 3 is 2.68 bits per heavy atom. The highest BCUT2D eigenvalue weighted by molar-refractivity contribution is 5.77. The van der Waals surface area contributed by atoms with Crippen molar-refractivity contribution in [1.29, 1.82) is 0 Å². The van der Waals surface area contributed by atoms with Gasteiger partial charge < -0.3 is 15.5 Å². The van der Waals surface area contributed by atoms with E-state index in [1.807, 2.05) is 0 Å². The highest BCUT2D eigenvalue weighted by Gasteiger charge is 2.21. The van der Waals surface area contributed by atoms with Crippen molar-refractivity contribution < 1.29 is 4.79 Å². The van der Waals surface area contributed by atoms with Crippen LogP contribution in [0, 0.1) is 0 Å². The lowest BCUT2D eigenvalue weighted by atomic mass is 10.1. The molecule has 0 bridgehead atoms. The molecule has 0 saturated carbocycles. The number of aromatic nitrogens is 2. The van der Waals surface area contributed by atoms with Crippen LogP contribution in [0.15, 0.2) is 12.4 Å². The summed E-state index contributed by atoms with van der Waals surface area (Å²) in [5.74, 6) is 2.08. The Balaban J connectivity index is 1.44. The molecule has 0 unspecified atom stereocenters. The average Bonchev–Trinajstić information content (AvgIpc) is 3.17. The van der Waals surface area contributed by atoms with E-state index in [4.69, 9.17) is 0 Å². The Bertz CT molecular complexity index is 552. The first-order valence-corrected chi connectivity index (χ1v) is 9.57. The average molecular weight is 346 g/mol. The molecule has 2 N–H and O–H groups in total. The molecule has 0 aliphatic carbocycles. The molecule has 2 aliphatic rings. The molecule has 1 aromatic rings. The first-order valence-electron chi connectivity index (χ1n) is 9.57. The van der Waals surface area contributed by atoms with Crippen molar-refractivity contribution in [2.24, 2.45) is 0 Å². The zero-order chi connectivity index (χ0) is 17.5. The molecule has 1 amide bonds. The summed E-state index contributed by atoms with van der Waals surface area (Å²) in [4.78, 5) is 25.2. The number of hydrogen-bond acceptors (Lipinski definition) is 6. The molecular formula is C18H30N6O. The summed E-state index contributed by atoms with van der Waals surface area (Å²) >= 11 is 0. The van der Waals surface area contributed by atoms with Gasteiger partial charge in [0.25, 0.3) is 0 Å². The van der Waals surface area contributed by atoms with Crippen LogP contribution in [-0.2, 0) is 4.79 Å². The van der Waals surface area contributed by atoms with Crippen LogP contribution in [0.4, 0.5) is 11.6 Å². The van der Waals surface area contributed by atoms with Crippen LogP contribution in [0.1, 0.15) is 39.0 Å². The van der Waals surface area contributed by atoms with E-state index >= 15 is 0 Å². The Kier molecular flexibility index (Phi) is 6.44. The van der Waals surface area contributed by atoms with Gasteiger partial charge in [0.2, 0.25) is 5.91 Å². The van der Waals surface area contributed by atoms with Crippen molar-refractivity contribution >= 4 is 17.5 Å². The zero-order valence-corrected chi connectivity index (χ0v) is 15.2. The molecule has 0 aromatic carbocycles. The standard InChI is InChI=1S/C18H30N6O/c1-2-7-19-18(25)13-23-10-5-15(6-11-23)22-16-12-17(21-14-20-16)24-8-3-4-9-24/h12,14-15H,2-11,13H2,1H3,(H,19,25)(H,20,21,22). The van der Waals surface area contributed by atoms with Crippen LogP contribution in [0.2, 0.25) is 0 Å². The van der Waals surface area contributed by atoms with Crippen LogP contribution in [0.25, 0.3) is 0 Å². The Morgan fingerprint density at radius 2 is 1.96 bits per heavy atom. The van der Waals surface area contributed by atoms with Crippen LogP contribution >= 0.6 is 0 Å². The maximum atomic E-state index is 11.8. The molecule has 0 radical (unpaired) electrons. The summed E-state index contributed by atoms with van der Waals surface area (Å²) in [5, 5.41) is 6.49. The van der Waals surface area contributed by atoms with Gasteiger partial charge >= 0.3 is 0 Å². The Hall–Kier alpha value is -1.89. The fourth-order valence-electron chi connectivity index (χ4n) is 3.51. The van der Waals surface area contributed by atoms with Crippen LogP contribution in [-0.4, -0.2) is 66.1 Å². The van der Waals surface area contributed by atoms with E-state index in [1.165, 1.54) is 12.8 Å². The van der Waals surface area contributed by atoms with E-state index in [0.29, 0.717) is 12.6 Å². The highest BCUT2D eigenvalue weighted by Crippen LogP contribution is 2.21. The monoisotopic (exact) mass is 346 g/mol. The summed E-state index contributed by atoms with van der Waals surface area (Å²) in [5.41, 5.74) is 0. The molecule has 1 aromatic heterocycles. The highest BCUT2D eigenvalue weighted by atomic mass is 16.2. The minimum atomic E-state index is 0.138. The number of carbonyl (C=O) groups is 1. The third-order valence-electron chi connectivity index (χ3n) is 4.96. The number of nitrogens with zero attached hydrogens (tertiary/aromatic N) is 4. The second kappa shape index (κ2) is 8.99. The van der Waals surface area contributed by atoms with Gasteiger partial charge in [-0.3, -0.25) is 9.69 Å². The number of amides is 1. The summed E-state index contributed by atoms with van der Waals surface area (Å²) < 4.78 is 0. The van der Waals surface area contributed by atoms with Gasteiger partial charge in [0, 0.05) is 44.8 Å². The fraction of sp³-hybridized carbons (Fsp3) is 0.722. The van der Waals surface area contributed by atoms with Gasteiger partial charge in [-0.15, -0.1) is 0 Å². The third kappa shape index (κ3) is 5.29. The maximum Gasteiger partial charge on any atom is 0.234 e. The SMILES string of the molecule is CCCNC(=O)CN1CCC(Nc2cc(N3CCCC3)ncn2)CC1. The first kappa shape index (κ1) is 17.9. The number of carbonyl (C=O) groups excluding carboxylic acids is 1. The van der Waals surface area contributed by atoms with Crippen LogP contribution in [0.5, 0.6) is 0 Å². The van der Waals surface area contributed by atoms with E-state index in [-0.39, 0.29) is 5.91 Å². The van der Waals surface area contributed by atoms with Gasteiger partial charge in [-0.2, -0.15) is 0 Å². The lowest BCUT2D eigenvalue weighted by Gasteiger charge is -2.32. The molecule has 3 heterocycles. The molecule has 2 aliphatic heterocycles. The predicted octanol–water partition coefficient (Wildman–Crippen LogP) is 1.48. The van der Waals surface area contributed by atoms with Gasteiger partial charge in [-0.05, 0) is 32.1 Å².